The maximum absolute atomic E-state index is 12.6. The maximum Gasteiger partial charge on any atom is 0.241 e. The van der Waals surface area contributed by atoms with Gasteiger partial charge in [0.15, 0.2) is 0 Å². The molecule has 2 aliphatic rings. The van der Waals surface area contributed by atoms with Gasteiger partial charge in [-0.25, -0.2) is 0 Å². The van der Waals surface area contributed by atoms with Crippen LogP contribution in [-0.4, -0.2) is 23.4 Å². The van der Waals surface area contributed by atoms with Crippen LogP contribution in [0, 0.1) is 11.3 Å². The molecule has 1 aromatic heterocycles. The van der Waals surface area contributed by atoms with Crippen LogP contribution in [0.3, 0.4) is 0 Å². The summed E-state index contributed by atoms with van der Waals surface area (Å²) in [5.74, 6) is 0.940. The maximum atomic E-state index is 12.6. The van der Waals surface area contributed by atoms with E-state index in [-0.39, 0.29) is 18.1 Å². The zero-order valence-corrected chi connectivity index (χ0v) is 13.4. The van der Waals surface area contributed by atoms with Crippen molar-refractivity contribution >= 4 is 17.2 Å². The molecule has 1 aliphatic heterocycles. The van der Waals surface area contributed by atoms with Gasteiger partial charge in [-0.15, -0.1) is 0 Å². The largest absolute Gasteiger partial charge is 0.321 e. The van der Waals surface area contributed by atoms with Gasteiger partial charge < -0.3 is 4.90 Å². The van der Waals surface area contributed by atoms with E-state index in [4.69, 9.17) is 0 Å². The van der Waals surface area contributed by atoms with Gasteiger partial charge in [0.25, 0.3) is 0 Å². The first-order valence-corrected chi connectivity index (χ1v) is 8.60. The van der Waals surface area contributed by atoms with Crippen LogP contribution in [0.25, 0.3) is 0 Å². The molecular formula is C16H24N2OS. The lowest BCUT2D eigenvalue weighted by molar-refractivity contribution is -0.131. The minimum absolute atomic E-state index is 0.0112. The Hall–Kier alpha value is -0.870. The number of hydrogen-bond acceptors (Lipinski definition) is 3. The molecule has 110 valence electrons. The van der Waals surface area contributed by atoms with Gasteiger partial charge in [0.1, 0.15) is 6.17 Å². The number of thiophene rings is 1. The van der Waals surface area contributed by atoms with Crippen molar-refractivity contribution in [3.63, 3.8) is 0 Å². The standard InChI is InChI=1S/C16H24N2OS/c1-4-13-15(19)18(10-16(6-7-16)11(2)3)14(17-13)12-5-8-20-9-12/h5,8-9,11,13-14,17H,4,6-7,10H2,1-3H3. The fourth-order valence-electron chi connectivity index (χ4n) is 3.27. The average molecular weight is 292 g/mol. The Labute approximate surface area is 125 Å². The number of carbonyl (C=O) groups excluding carboxylic acids is 1. The summed E-state index contributed by atoms with van der Waals surface area (Å²) in [5, 5.41) is 7.76. The first kappa shape index (κ1) is 14.1. The Morgan fingerprint density at radius 3 is 2.75 bits per heavy atom. The molecule has 1 saturated heterocycles. The molecule has 1 N–H and O–H groups in total. The molecule has 0 radical (unpaired) electrons. The summed E-state index contributed by atoms with van der Waals surface area (Å²) in [6.45, 7) is 7.57. The fourth-order valence-corrected chi connectivity index (χ4v) is 3.94. The first-order valence-electron chi connectivity index (χ1n) is 7.66. The van der Waals surface area contributed by atoms with Gasteiger partial charge in [-0.1, -0.05) is 20.8 Å². The van der Waals surface area contributed by atoms with Crippen LogP contribution in [0.1, 0.15) is 51.8 Å². The lowest BCUT2D eigenvalue weighted by Gasteiger charge is -2.30. The van der Waals surface area contributed by atoms with Crippen LogP contribution >= 0.6 is 11.3 Å². The molecule has 2 heterocycles. The van der Waals surface area contributed by atoms with Gasteiger partial charge in [0.2, 0.25) is 5.91 Å². The second-order valence-electron chi connectivity index (χ2n) is 6.57. The molecule has 1 amide bonds. The lowest BCUT2D eigenvalue weighted by Crippen LogP contribution is -2.37. The van der Waals surface area contributed by atoms with Crippen molar-refractivity contribution in [2.75, 3.05) is 6.54 Å². The Morgan fingerprint density at radius 1 is 1.50 bits per heavy atom. The van der Waals surface area contributed by atoms with Crippen molar-refractivity contribution in [2.45, 2.75) is 52.2 Å². The quantitative estimate of drug-likeness (QED) is 0.902. The van der Waals surface area contributed by atoms with E-state index in [1.807, 2.05) is 0 Å². The summed E-state index contributed by atoms with van der Waals surface area (Å²) in [4.78, 5) is 14.7. The molecule has 1 aromatic rings. The number of nitrogens with one attached hydrogen (secondary N) is 1. The highest BCUT2D eigenvalue weighted by atomic mass is 32.1. The highest BCUT2D eigenvalue weighted by molar-refractivity contribution is 7.07. The van der Waals surface area contributed by atoms with Crippen LogP contribution in [0.4, 0.5) is 0 Å². The third kappa shape index (κ3) is 2.29. The summed E-state index contributed by atoms with van der Waals surface area (Å²) in [6.07, 6.45) is 3.48. The van der Waals surface area contributed by atoms with Crippen LogP contribution in [0.5, 0.6) is 0 Å². The molecule has 4 heteroatoms. The van der Waals surface area contributed by atoms with Crippen LogP contribution in [0.15, 0.2) is 16.8 Å². The molecule has 0 spiro atoms. The second-order valence-corrected chi connectivity index (χ2v) is 7.35. The van der Waals surface area contributed by atoms with Crippen LogP contribution < -0.4 is 5.32 Å². The number of hydrogen-bond donors (Lipinski definition) is 1. The number of amides is 1. The fraction of sp³-hybridized carbons (Fsp3) is 0.688. The molecule has 1 saturated carbocycles. The second kappa shape index (κ2) is 5.15. The number of nitrogens with zero attached hydrogens (tertiary/aromatic N) is 1. The molecule has 3 nitrogen and oxygen atoms in total. The predicted molar refractivity (Wildman–Crippen MR) is 82.5 cm³/mol. The van der Waals surface area contributed by atoms with Crippen LogP contribution in [0.2, 0.25) is 0 Å². The molecule has 0 bridgehead atoms. The van der Waals surface area contributed by atoms with E-state index in [2.05, 4.69) is 47.8 Å². The van der Waals surface area contributed by atoms with Gasteiger partial charge >= 0.3 is 0 Å². The van der Waals surface area contributed by atoms with Gasteiger partial charge in [0.05, 0.1) is 6.04 Å². The zero-order valence-electron chi connectivity index (χ0n) is 12.6. The SMILES string of the molecule is CCC1NC(c2ccsc2)N(CC2(C(C)C)CC2)C1=O. The predicted octanol–water partition coefficient (Wildman–Crippen LogP) is 3.39. The van der Waals surface area contributed by atoms with Gasteiger partial charge in [0, 0.05) is 6.54 Å². The van der Waals surface area contributed by atoms with Gasteiger partial charge in [-0.2, -0.15) is 11.3 Å². The van der Waals surface area contributed by atoms with Crippen molar-refractivity contribution < 1.29 is 4.79 Å². The van der Waals surface area contributed by atoms with E-state index in [9.17, 15) is 4.79 Å². The molecule has 20 heavy (non-hydrogen) atoms. The van der Waals surface area contributed by atoms with Crippen molar-refractivity contribution in [3.8, 4) is 0 Å². The third-order valence-corrected chi connectivity index (χ3v) is 5.82. The molecular weight excluding hydrogens is 268 g/mol. The van der Waals surface area contributed by atoms with E-state index in [0.717, 1.165) is 13.0 Å². The van der Waals surface area contributed by atoms with Crippen molar-refractivity contribution in [3.05, 3.63) is 22.4 Å². The van der Waals surface area contributed by atoms with Gasteiger partial charge in [-0.3, -0.25) is 10.1 Å². The molecule has 3 rings (SSSR count). The van der Waals surface area contributed by atoms with Gasteiger partial charge in [-0.05, 0) is 53.0 Å². The summed E-state index contributed by atoms with van der Waals surface area (Å²) in [5.41, 5.74) is 1.60. The Kier molecular flexibility index (Phi) is 3.63. The molecule has 2 atom stereocenters. The van der Waals surface area contributed by atoms with Crippen molar-refractivity contribution in [2.24, 2.45) is 11.3 Å². The summed E-state index contributed by atoms with van der Waals surface area (Å²) in [6, 6.07) is 2.12. The highest BCUT2D eigenvalue weighted by Crippen LogP contribution is 2.53. The van der Waals surface area contributed by atoms with E-state index in [1.54, 1.807) is 11.3 Å². The molecule has 2 fully saturated rings. The van der Waals surface area contributed by atoms with E-state index in [1.165, 1.54) is 18.4 Å². The average Bonchev–Trinajstić information content (AvgIpc) is 2.89. The summed E-state index contributed by atoms with van der Waals surface area (Å²) in [7, 11) is 0. The third-order valence-electron chi connectivity index (χ3n) is 5.12. The van der Waals surface area contributed by atoms with Crippen LogP contribution in [-0.2, 0) is 4.79 Å². The topological polar surface area (TPSA) is 32.3 Å². The smallest absolute Gasteiger partial charge is 0.241 e. The zero-order chi connectivity index (χ0) is 14.3. The highest BCUT2D eigenvalue weighted by Gasteiger charge is 2.50. The van der Waals surface area contributed by atoms with Crippen molar-refractivity contribution in [1.82, 2.24) is 10.2 Å². The Bertz CT molecular complexity index is 479. The monoisotopic (exact) mass is 292 g/mol. The molecule has 2 unspecified atom stereocenters. The minimum Gasteiger partial charge on any atom is -0.321 e. The first-order chi connectivity index (χ1) is 9.57. The summed E-state index contributed by atoms with van der Waals surface area (Å²) < 4.78 is 0. The Morgan fingerprint density at radius 2 is 2.25 bits per heavy atom. The van der Waals surface area contributed by atoms with E-state index < -0.39 is 0 Å². The lowest BCUT2D eigenvalue weighted by atomic mass is 9.91. The normalized spacial score (nSPS) is 28.4. The molecule has 0 aromatic carbocycles. The van der Waals surface area contributed by atoms with E-state index in [0.29, 0.717) is 11.3 Å². The summed E-state index contributed by atoms with van der Waals surface area (Å²) >= 11 is 1.70. The number of carbonyl (C=O) groups is 1. The van der Waals surface area contributed by atoms with Crippen molar-refractivity contribution in [1.29, 1.82) is 0 Å². The Balaban J connectivity index is 1.83. The minimum atomic E-state index is -0.0112. The van der Waals surface area contributed by atoms with E-state index >= 15 is 0 Å². The number of rotatable bonds is 5. The molecule has 1 aliphatic carbocycles.